The van der Waals surface area contributed by atoms with E-state index in [9.17, 15) is 26.7 Å². The molecular weight excluding hydrogens is 315 g/mol. The van der Waals surface area contributed by atoms with Crippen molar-refractivity contribution in [1.82, 2.24) is 0 Å². The lowest BCUT2D eigenvalue weighted by Gasteiger charge is -2.22. The molecule has 0 heterocycles. The quantitative estimate of drug-likeness (QED) is 0.453. The summed E-state index contributed by atoms with van der Waals surface area (Å²) in [5, 5.41) is 0. The van der Waals surface area contributed by atoms with Crippen LogP contribution in [-0.2, 0) is 0 Å². The molecule has 6 heteroatoms. The second-order valence-corrected chi connectivity index (χ2v) is 5.86. The van der Waals surface area contributed by atoms with Gasteiger partial charge in [-0.05, 0) is 41.9 Å². The molecule has 0 aliphatic heterocycles. The van der Waals surface area contributed by atoms with Crippen molar-refractivity contribution in [2.45, 2.75) is 64.5 Å². The van der Waals surface area contributed by atoms with Crippen LogP contribution < -0.4 is 0 Å². The maximum atomic E-state index is 13.3. The van der Waals surface area contributed by atoms with Crippen LogP contribution in [0.15, 0.2) is 18.2 Å². The Bertz CT molecular complexity index is 563. The van der Waals surface area contributed by atoms with Crippen LogP contribution >= 0.6 is 0 Å². The number of benzene rings is 1. The molecule has 1 aromatic carbocycles. The highest BCUT2D eigenvalue weighted by molar-refractivity contribution is 6.02. The van der Waals surface area contributed by atoms with Gasteiger partial charge in [0, 0.05) is 5.56 Å². The Kier molecular flexibility index (Phi) is 5.94. The van der Waals surface area contributed by atoms with Gasteiger partial charge in [-0.2, -0.15) is 22.0 Å². The first-order valence-corrected chi connectivity index (χ1v) is 7.60. The van der Waals surface area contributed by atoms with E-state index in [2.05, 4.69) is 0 Å². The van der Waals surface area contributed by atoms with Crippen LogP contribution in [0.1, 0.15) is 73.9 Å². The third-order valence-electron chi connectivity index (χ3n) is 4.28. The van der Waals surface area contributed by atoms with Gasteiger partial charge in [0.25, 0.3) is 0 Å². The minimum Gasteiger partial charge on any atom is -0.287 e. The number of halogens is 5. The van der Waals surface area contributed by atoms with Gasteiger partial charge in [-0.25, -0.2) is 0 Å². The fourth-order valence-corrected chi connectivity index (χ4v) is 2.34. The zero-order valence-electron chi connectivity index (χ0n) is 13.6. The smallest absolute Gasteiger partial charge is 0.287 e. The van der Waals surface area contributed by atoms with Gasteiger partial charge in [-0.3, -0.25) is 4.79 Å². The SMILES string of the molecule is CCC(C)c1ccc(C(=O)C(F)(F)C(F)(F)F)cc1C(C)CC. The molecule has 23 heavy (non-hydrogen) atoms. The second-order valence-electron chi connectivity index (χ2n) is 5.86. The number of alkyl halides is 5. The Morgan fingerprint density at radius 1 is 0.957 bits per heavy atom. The van der Waals surface area contributed by atoms with Crippen LogP contribution in [0.5, 0.6) is 0 Å². The molecule has 0 aliphatic carbocycles. The maximum absolute atomic E-state index is 13.3. The van der Waals surface area contributed by atoms with E-state index < -0.39 is 23.4 Å². The summed E-state index contributed by atoms with van der Waals surface area (Å²) in [6.07, 6.45) is -4.40. The Labute approximate surface area is 132 Å². The number of hydrogen-bond donors (Lipinski definition) is 0. The first-order valence-electron chi connectivity index (χ1n) is 7.60. The molecule has 0 radical (unpaired) electrons. The molecule has 0 fully saturated rings. The van der Waals surface area contributed by atoms with Gasteiger partial charge in [0.2, 0.25) is 5.78 Å². The van der Waals surface area contributed by atoms with Crippen molar-refractivity contribution >= 4 is 5.78 Å². The molecule has 0 aromatic heterocycles. The van der Waals surface area contributed by atoms with Crippen LogP contribution in [0.3, 0.4) is 0 Å². The highest BCUT2D eigenvalue weighted by Gasteiger charge is 2.63. The number of carbonyl (C=O) groups excluding carboxylic acids is 1. The molecule has 0 saturated carbocycles. The average Bonchev–Trinajstić information content (AvgIpc) is 2.50. The van der Waals surface area contributed by atoms with E-state index in [0.717, 1.165) is 18.1 Å². The molecule has 2 unspecified atom stereocenters. The van der Waals surface area contributed by atoms with E-state index in [1.807, 2.05) is 27.7 Å². The standard InChI is InChI=1S/C17H21F5O/c1-5-10(3)13-8-7-12(9-14(13)11(4)6-2)15(23)16(18,19)17(20,21)22/h7-11H,5-6H2,1-4H3. The fraction of sp³-hybridized carbons (Fsp3) is 0.588. The van der Waals surface area contributed by atoms with Crippen molar-refractivity contribution in [2.24, 2.45) is 0 Å². The zero-order valence-corrected chi connectivity index (χ0v) is 13.6. The van der Waals surface area contributed by atoms with Gasteiger partial charge in [-0.15, -0.1) is 0 Å². The van der Waals surface area contributed by atoms with E-state index >= 15 is 0 Å². The van der Waals surface area contributed by atoms with Crippen molar-refractivity contribution in [3.05, 3.63) is 34.9 Å². The lowest BCUT2D eigenvalue weighted by molar-refractivity contribution is -0.255. The molecule has 2 atom stereocenters. The summed E-state index contributed by atoms with van der Waals surface area (Å²) in [4.78, 5) is 11.7. The Morgan fingerprint density at radius 3 is 1.87 bits per heavy atom. The van der Waals surface area contributed by atoms with Gasteiger partial charge in [0.1, 0.15) is 0 Å². The lowest BCUT2D eigenvalue weighted by Crippen LogP contribution is -2.44. The van der Waals surface area contributed by atoms with E-state index in [-0.39, 0.29) is 11.8 Å². The summed E-state index contributed by atoms with van der Waals surface area (Å²) >= 11 is 0. The summed E-state index contributed by atoms with van der Waals surface area (Å²) in [6, 6.07) is 3.75. The number of Topliss-reactive ketones (excluding diaryl/α,β-unsaturated/α-hetero) is 1. The predicted molar refractivity (Wildman–Crippen MR) is 79.2 cm³/mol. The van der Waals surface area contributed by atoms with E-state index in [1.54, 1.807) is 0 Å². The zero-order chi connectivity index (χ0) is 18.0. The van der Waals surface area contributed by atoms with Gasteiger partial charge in [0.05, 0.1) is 0 Å². The maximum Gasteiger partial charge on any atom is 0.461 e. The predicted octanol–water partition coefficient (Wildman–Crippen LogP) is 6.09. The van der Waals surface area contributed by atoms with Gasteiger partial charge < -0.3 is 0 Å². The fourth-order valence-electron chi connectivity index (χ4n) is 2.34. The number of carbonyl (C=O) groups is 1. The first-order chi connectivity index (χ1) is 10.5. The monoisotopic (exact) mass is 336 g/mol. The molecular formula is C17H21F5O. The summed E-state index contributed by atoms with van der Waals surface area (Å²) in [6.45, 7) is 7.66. The first kappa shape index (κ1) is 19.6. The molecule has 0 amide bonds. The third kappa shape index (κ3) is 3.90. The minimum absolute atomic E-state index is 0.0359. The van der Waals surface area contributed by atoms with Crippen LogP contribution in [0, 0.1) is 0 Å². The summed E-state index contributed by atoms with van der Waals surface area (Å²) in [5.41, 5.74) is 0.939. The lowest BCUT2D eigenvalue weighted by atomic mass is 9.84. The van der Waals surface area contributed by atoms with Crippen LogP contribution in [0.2, 0.25) is 0 Å². The molecule has 0 N–H and O–H groups in total. The van der Waals surface area contributed by atoms with E-state index in [4.69, 9.17) is 0 Å². The van der Waals surface area contributed by atoms with Crippen molar-refractivity contribution in [2.75, 3.05) is 0 Å². The Balaban J connectivity index is 3.38. The van der Waals surface area contributed by atoms with Gasteiger partial charge in [0.15, 0.2) is 0 Å². The van der Waals surface area contributed by atoms with E-state index in [0.29, 0.717) is 12.0 Å². The topological polar surface area (TPSA) is 17.1 Å². The van der Waals surface area contributed by atoms with Crippen molar-refractivity contribution < 1.29 is 26.7 Å². The van der Waals surface area contributed by atoms with E-state index in [1.165, 1.54) is 12.1 Å². The van der Waals surface area contributed by atoms with Crippen LogP contribution in [0.25, 0.3) is 0 Å². The molecule has 1 aromatic rings. The van der Waals surface area contributed by atoms with Crippen LogP contribution in [0.4, 0.5) is 22.0 Å². The van der Waals surface area contributed by atoms with Gasteiger partial charge >= 0.3 is 12.1 Å². The number of rotatable bonds is 6. The largest absolute Gasteiger partial charge is 0.461 e. The molecule has 1 rings (SSSR count). The third-order valence-corrected chi connectivity index (χ3v) is 4.28. The van der Waals surface area contributed by atoms with Crippen molar-refractivity contribution in [3.63, 3.8) is 0 Å². The van der Waals surface area contributed by atoms with Gasteiger partial charge in [-0.1, -0.05) is 39.8 Å². The molecule has 0 spiro atoms. The average molecular weight is 336 g/mol. The molecule has 130 valence electrons. The number of ketones is 1. The highest BCUT2D eigenvalue weighted by Crippen LogP contribution is 2.39. The molecule has 1 nitrogen and oxygen atoms in total. The summed E-state index contributed by atoms with van der Waals surface area (Å²) < 4.78 is 63.7. The normalized spacial score (nSPS) is 15.3. The molecule has 0 saturated heterocycles. The van der Waals surface area contributed by atoms with Crippen LogP contribution in [-0.4, -0.2) is 17.9 Å². The number of hydrogen-bond acceptors (Lipinski definition) is 1. The second kappa shape index (κ2) is 6.97. The Morgan fingerprint density at radius 2 is 1.43 bits per heavy atom. The molecule has 0 bridgehead atoms. The highest BCUT2D eigenvalue weighted by atomic mass is 19.4. The molecule has 0 aliphatic rings. The minimum atomic E-state index is -5.89. The van der Waals surface area contributed by atoms with Crippen molar-refractivity contribution in [1.29, 1.82) is 0 Å². The summed E-state index contributed by atoms with van der Waals surface area (Å²) in [7, 11) is 0. The Hall–Kier alpha value is -1.46. The summed E-state index contributed by atoms with van der Waals surface area (Å²) in [5.74, 6) is -7.49. The van der Waals surface area contributed by atoms with Crippen molar-refractivity contribution in [3.8, 4) is 0 Å².